The van der Waals surface area contributed by atoms with Crippen molar-refractivity contribution in [2.24, 2.45) is 0 Å². The van der Waals surface area contributed by atoms with E-state index in [9.17, 15) is 0 Å². The Morgan fingerprint density at radius 1 is 0.750 bits per heavy atom. The lowest BCUT2D eigenvalue weighted by Gasteiger charge is -2.12. The van der Waals surface area contributed by atoms with Crippen molar-refractivity contribution in [1.29, 1.82) is 0 Å². The fraction of sp³-hybridized carbons (Fsp3) is 0.130. The normalized spacial score (nSPS) is 12.4. The van der Waals surface area contributed by atoms with Crippen molar-refractivity contribution in [2.75, 3.05) is 6.54 Å². The van der Waals surface area contributed by atoms with Crippen LogP contribution < -0.4 is 5.32 Å². The fourth-order valence-electron chi connectivity index (χ4n) is 2.72. The maximum Gasteiger partial charge on any atom is 0.0294 e. The van der Waals surface area contributed by atoms with Crippen molar-refractivity contribution in [2.45, 2.75) is 13.0 Å². The summed E-state index contributed by atoms with van der Waals surface area (Å²) in [6, 6.07) is 30.0. The molecule has 3 rings (SSSR count). The molecule has 0 aromatic heterocycles. The predicted molar refractivity (Wildman–Crippen MR) is 104 cm³/mol. The minimum Gasteiger partial charge on any atom is -0.307 e. The van der Waals surface area contributed by atoms with Crippen LogP contribution in [0.25, 0.3) is 17.2 Å². The van der Waals surface area contributed by atoms with Gasteiger partial charge < -0.3 is 5.32 Å². The Kier molecular flexibility index (Phi) is 5.60. The average Bonchev–Trinajstić information content (AvgIpc) is 2.67. The summed E-state index contributed by atoms with van der Waals surface area (Å²) in [5.74, 6) is 0. The Morgan fingerprint density at radius 2 is 1.33 bits per heavy atom. The van der Waals surface area contributed by atoms with Gasteiger partial charge in [0.2, 0.25) is 0 Å². The predicted octanol–water partition coefficient (Wildman–Crippen LogP) is 5.72. The van der Waals surface area contributed by atoms with E-state index in [1.54, 1.807) is 0 Å². The van der Waals surface area contributed by atoms with E-state index in [2.05, 4.69) is 103 Å². The van der Waals surface area contributed by atoms with E-state index < -0.39 is 0 Å². The van der Waals surface area contributed by atoms with Crippen molar-refractivity contribution in [3.8, 4) is 11.1 Å². The number of hydrogen-bond donors (Lipinski definition) is 1. The van der Waals surface area contributed by atoms with Crippen LogP contribution in [0.1, 0.15) is 24.1 Å². The lowest BCUT2D eigenvalue weighted by atomic mass is 10.0. The van der Waals surface area contributed by atoms with Crippen molar-refractivity contribution in [1.82, 2.24) is 5.32 Å². The van der Waals surface area contributed by atoms with Crippen molar-refractivity contribution in [3.63, 3.8) is 0 Å². The van der Waals surface area contributed by atoms with Crippen molar-refractivity contribution < 1.29 is 0 Å². The molecular formula is C23H23N. The molecule has 0 aliphatic rings. The standard InChI is InChI=1S/C23H23N/c1-19(21-10-4-2-5-11-21)24-18-8-9-20-14-16-23(17-15-20)22-12-6-3-7-13-22/h2-17,19,24H,18H2,1H3/t19-/m1/s1. The second kappa shape index (κ2) is 8.28. The monoisotopic (exact) mass is 313 g/mol. The lowest BCUT2D eigenvalue weighted by molar-refractivity contribution is 0.618. The molecule has 1 heteroatoms. The zero-order chi connectivity index (χ0) is 16.6. The Bertz CT molecular complexity index is 758. The van der Waals surface area contributed by atoms with Crippen LogP contribution in [-0.2, 0) is 0 Å². The van der Waals surface area contributed by atoms with Gasteiger partial charge in [0.25, 0.3) is 0 Å². The van der Waals surface area contributed by atoms with Gasteiger partial charge in [0, 0.05) is 12.6 Å². The van der Waals surface area contributed by atoms with Crippen molar-refractivity contribution >= 4 is 6.08 Å². The molecule has 1 N–H and O–H groups in total. The highest BCUT2D eigenvalue weighted by Crippen LogP contribution is 2.19. The van der Waals surface area contributed by atoms with Gasteiger partial charge >= 0.3 is 0 Å². The Morgan fingerprint density at radius 3 is 2.00 bits per heavy atom. The first-order valence-electron chi connectivity index (χ1n) is 8.43. The first-order valence-corrected chi connectivity index (χ1v) is 8.43. The summed E-state index contributed by atoms with van der Waals surface area (Å²) in [6.45, 7) is 3.05. The van der Waals surface area contributed by atoms with Gasteiger partial charge in [-0.25, -0.2) is 0 Å². The van der Waals surface area contributed by atoms with E-state index in [-0.39, 0.29) is 0 Å². The Hall–Kier alpha value is -2.64. The zero-order valence-corrected chi connectivity index (χ0v) is 14.0. The molecule has 0 heterocycles. The van der Waals surface area contributed by atoms with Gasteiger partial charge in [-0.3, -0.25) is 0 Å². The summed E-state index contributed by atoms with van der Waals surface area (Å²) < 4.78 is 0. The molecule has 1 nitrogen and oxygen atoms in total. The summed E-state index contributed by atoms with van der Waals surface area (Å²) in [6.07, 6.45) is 4.34. The Balaban J connectivity index is 1.54. The highest BCUT2D eigenvalue weighted by molar-refractivity contribution is 5.65. The first-order chi connectivity index (χ1) is 11.8. The molecule has 3 aromatic rings. The van der Waals surface area contributed by atoms with Crippen LogP contribution in [0.3, 0.4) is 0 Å². The van der Waals surface area contributed by atoms with Crippen molar-refractivity contribution in [3.05, 3.63) is 102 Å². The highest BCUT2D eigenvalue weighted by Gasteiger charge is 2.01. The van der Waals surface area contributed by atoms with Gasteiger partial charge in [0.05, 0.1) is 0 Å². The van der Waals surface area contributed by atoms with E-state index in [0.29, 0.717) is 6.04 Å². The molecule has 0 aliphatic carbocycles. The number of nitrogens with one attached hydrogen (secondary N) is 1. The number of rotatable bonds is 6. The molecule has 0 unspecified atom stereocenters. The maximum atomic E-state index is 3.52. The first kappa shape index (κ1) is 16.2. The number of benzene rings is 3. The van der Waals surface area contributed by atoms with E-state index >= 15 is 0 Å². The third kappa shape index (κ3) is 4.43. The van der Waals surface area contributed by atoms with Gasteiger partial charge in [-0.05, 0) is 29.2 Å². The topological polar surface area (TPSA) is 12.0 Å². The van der Waals surface area contributed by atoms with E-state index in [1.165, 1.54) is 22.3 Å². The fourth-order valence-corrected chi connectivity index (χ4v) is 2.72. The summed E-state index contributed by atoms with van der Waals surface area (Å²) >= 11 is 0. The molecule has 0 saturated heterocycles. The molecule has 0 saturated carbocycles. The van der Waals surface area contributed by atoms with Gasteiger partial charge in [0.15, 0.2) is 0 Å². The third-order valence-electron chi connectivity index (χ3n) is 4.17. The van der Waals surface area contributed by atoms with Gasteiger partial charge in [-0.15, -0.1) is 0 Å². The molecule has 0 amide bonds. The van der Waals surface area contributed by atoms with Gasteiger partial charge in [-0.2, -0.15) is 0 Å². The number of hydrogen-bond acceptors (Lipinski definition) is 1. The SMILES string of the molecule is C[C@@H](NCC=Cc1ccc(-c2ccccc2)cc1)c1ccccc1. The van der Waals surface area contributed by atoms with Crippen LogP contribution in [0, 0.1) is 0 Å². The third-order valence-corrected chi connectivity index (χ3v) is 4.17. The zero-order valence-electron chi connectivity index (χ0n) is 14.0. The molecule has 24 heavy (non-hydrogen) atoms. The molecule has 0 bridgehead atoms. The molecule has 120 valence electrons. The minimum atomic E-state index is 0.358. The summed E-state index contributed by atoms with van der Waals surface area (Å²) in [4.78, 5) is 0. The van der Waals surface area contributed by atoms with Crippen LogP contribution in [0.5, 0.6) is 0 Å². The molecule has 1 atom stereocenters. The molecular weight excluding hydrogens is 290 g/mol. The quantitative estimate of drug-likeness (QED) is 0.614. The highest BCUT2D eigenvalue weighted by atomic mass is 14.9. The van der Waals surface area contributed by atoms with Crippen LogP contribution in [0.15, 0.2) is 91.0 Å². The smallest absolute Gasteiger partial charge is 0.0294 e. The van der Waals surface area contributed by atoms with E-state index in [1.807, 2.05) is 6.07 Å². The van der Waals surface area contributed by atoms with Crippen LogP contribution >= 0.6 is 0 Å². The summed E-state index contributed by atoms with van der Waals surface area (Å²) in [5, 5.41) is 3.52. The van der Waals surface area contributed by atoms with E-state index in [0.717, 1.165) is 6.54 Å². The average molecular weight is 313 g/mol. The maximum absolute atomic E-state index is 3.52. The van der Waals surface area contributed by atoms with Gasteiger partial charge in [0.1, 0.15) is 0 Å². The van der Waals surface area contributed by atoms with Crippen LogP contribution in [0.2, 0.25) is 0 Å². The lowest BCUT2D eigenvalue weighted by Crippen LogP contribution is -2.18. The largest absolute Gasteiger partial charge is 0.307 e. The molecule has 0 radical (unpaired) electrons. The summed E-state index contributed by atoms with van der Waals surface area (Å²) in [7, 11) is 0. The molecule has 0 fully saturated rings. The molecule has 0 aliphatic heterocycles. The van der Waals surface area contributed by atoms with Gasteiger partial charge in [-0.1, -0.05) is 97.1 Å². The van der Waals surface area contributed by atoms with E-state index in [4.69, 9.17) is 0 Å². The second-order valence-electron chi connectivity index (χ2n) is 5.93. The Labute approximate surface area is 144 Å². The molecule has 0 spiro atoms. The minimum absolute atomic E-state index is 0.358. The van der Waals surface area contributed by atoms with Crippen LogP contribution in [0.4, 0.5) is 0 Å². The second-order valence-corrected chi connectivity index (χ2v) is 5.93. The summed E-state index contributed by atoms with van der Waals surface area (Å²) in [5.41, 5.74) is 5.05. The van der Waals surface area contributed by atoms with Crippen LogP contribution in [-0.4, -0.2) is 6.54 Å². The molecule has 3 aromatic carbocycles.